The smallest absolute Gasteiger partial charge is 0.0861 e. The molecule has 0 spiro atoms. The Labute approximate surface area is 127 Å². The number of halogens is 1. The molecule has 0 aliphatic carbocycles. The van der Waals surface area contributed by atoms with E-state index in [9.17, 15) is 0 Å². The lowest BCUT2D eigenvalue weighted by Crippen LogP contribution is -2.45. The van der Waals surface area contributed by atoms with Gasteiger partial charge in [-0.15, -0.1) is 0 Å². The van der Waals surface area contributed by atoms with Crippen molar-refractivity contribution >= 4 is 11.6 Å². The quantitative estimate of drug-likeness (QED) is 0.754. The normalized spacial score (nSPS) is 16.1. The third kappa shape index (κ3) is 3.74. The van der Waals surface area contributed by atoms with Crippen molar-refractivity contribution in [3.8, 4) is 0 Å². The predicted molar refractivity (Wildman–Crippen MR) is 84.3 cm³/mol. The van der Waals surface area contributed by atoms with Crippen molar-refractivity contribution in [3.05, 3.63) is 16.9 Å². The number of hydrogen-bond donors (Lipinski definition) is 1. The van der Waals surface area contributed by atoms with E-state index in [1.54, 1.807) is 6.20 Å². The lowest BCUT2D eigenvalue weighted by molar-refractivity contribution is -0.0581. The summed E-state index contributed by atoms with van der Waals surface area (Å²) in [6.45, 7) is 13.0. The van der Waals surface area contributed by atoms with Crippen LogP contribution in [-0.2, 0) is 11.3 Å². The minimum Gasteiger partial charge on any atom is -0.374 e. The van der Waals surface area contributed by atoms with Gasteiger partial charge < -0.3 is 10.1 Å². The summed E-state index contributed by atoms with van der Waals surface area (Å²) in [6, 6.07) is 0.0438. The highest BCUT2D eigenvalue weighted by Gasteiger charge is 2.37. The van der Waals surface area contributed by atoms with Gasteiger partial charge in [0.15, 0.2) is 0 Å². The van der Waals surface area contributed by atoms with E-state index in [1.807, 2.05) is 11.6 Å². The van der Waals surface area contributed by atoms with Crippen LogP contribution in [0.15, 0.2) is 6.20 Å². The molecular formula is C15H28ClN3O. The van der Waals surface area contributed by atoms with E-state index < -0.39 is 0 Å². The maximum absolute atomic E-state index is 6.38. The van der Waals surface area contributed by atoms with Gasteiger partial charge in [-0.2, -0.15) is 5.10 Å². The van der Waals surface area contributed by atoms with Crippen molar-refractivity contribution in [3.63, 3.8) is 0 Å². The number of hydrogen-bond acceptors (Lipinski definition) is 3. The zero-order valence-electron chi connectivity index (χ0n) is 13.4. The number of aromatic nitrogens is 2. The molecule has 0 saturated carbocycles. The van der Waals surface area contributed by atoms with Crippen LogP contribution in [0.1, 0.15) is 59.2 Å². The van der Waals surface area contributed by atoms with Crippen molar-refractivity contribution < 1.29 is 4.74 Å². The molecule has 0 aliphatic heterocycles. The van der Waals surface area contributed by atoms with Crippen LogP contribution in [0.25, 0.3) is 0 Å². The maximum atomic E-state index is 6.38. The molecule has 0 aromatic carbocycles. The fourth-order valence-corrected chi connectivity index (χ4v) is 2.77. The van der Waals surface area contributed by atoms with Crippen LogP contribution in [0.2, 0.25) is 5.02 Å². The summed E-state index contributed by atoms with van der Waals surface area (Å²) in [5, 5.41) is 8.66. The Balaban J connectivity index is 3.19. The second-order valence-electron chi connectivity index (χ2n) is 5.18. The van der Waals surface area contributed by atoms with E-state index in [-0.39, 0.29) is 11.6 Å². The molecule has 1 N–H and O–H groups in total. The first kappa shape index (κ1) is 17.5. The van der Waals surface area contributed by atoms with Gasteiger partial charge in [0, 0.05) is 13.2 Å². The molecule has 0 aliphatic rings. The van der Waals surface area contributed by atoms with E-state index in [0.29, 0.717) is 11.6 Å². The highest BCUT2D eigenvalue weighted by molar-refractivity contribution is 6.31. The van der Waals surface area contributed by atoms with E-state index in [2.05, 4.69) is 38.1 Å². The fourth-order valence-electron chi connectivity index (χ4n) is 2.52. The first-order valence-electron chi connectivity index (χ1n) is 7.62. The first-order valence-corrected chi connectivity index (χ1v) is 8.00. The van der Waals surface area contributed by atoms with Gasteiger partial charge in [0.1, 0.15) is 0 Å². The lowest BCUT2D eigenvalue weighted by atomic mass is 9.90. The summed E-state index contributed by atoms with van der Waals surface area (Å²) >= 11 is 6.38. The number of ether oxygens (including phenoxy) is 1. The average Bonchev–Trinajstić information content (AvgIpc) is 2.81. The molecule has 0 fully saturated rings. The molecule has 1 heterocycles. The van der Waals surface area contributed by atoms with Gasteiger partial charge >= 0.3 is 0 Å². The van der Waals surface area contributed by atoms with Gasteiger partial charge in [-0.25, -0.2) is 0 Å². The minimum absolute atomic E-state index is 0.0438. The number of aryl methyl sites for hydroxylation is 1. The molecule has 0 radical (unpaired) electrons. The Morgan fingerprint density at radius 1 is 1.40 bits per heavy atom. The van der Waals surface area contributed by atoms with Crippen LogP contribution in [-0.4, -0.2) is 28.5 Å². The summed E-state index contributed by atoms with van der Waals surface area (Å²) in [7, 11) is 0. The molecule has 5 heteroatoms. The SMILES string of the molecule is CCCNC(c1c(Cl)cnn1CC)C(C)(CC)OCC. The third-order valence-corrected chi connectivity index (χ3v) is 4.08. The molecule has 0 saturated heterocycles. The molecule has 4 nitrogen and oxygen atoms in total. The van der Waals surface area contributed by atoms with Gasteiger partial charge in [0.2, 0.25) is 0 Å². The van der Waals surface area contributed by atoms with Crippen LogP contribution in [0.3, 0.4) is 0 Å². The van der Waals surface area contributed by atoms with Crippen LogP contribution in [0.5, 0.6) is 0 Å². The third-order valence-electron chi connectivity index (χ3n) is 3.79. The molecule has 2 unspecified atom stereocenters. The first-order chi connectivity index (χ1) is 9.53. The Bertz CT molecular complexity index is 408. The molecule has 1 rings (SSSR count). The highest BCUT2D eigenvalue weighted by atomic mass is 35.5. The van der Waals surface area contributed by atoms with Gasteiger partial charge in [0.25, 0.3) is 0 Å². The fraction of sp³-hybridized carbons (Fsp3) is 0.800. The zero-order chi connectivity index (χ0) is 15.2. The summed E-state index contributed by atoms with van der Waals surface area (Å²) in [4.78, 5) is 0. The molecule has 0 amide bonds. The molecule has 1 aromatic heterocycles. The second kappa shape index (κ2) is 8.01. The predicted octanol–water partition coefficient (Wildman–Crippen LogP) is 3.80. The molecular weight excluding hydrogens is 274 g/mol. The summed E-state index contributed by atoms with van der Waals surface area (Å²) in [5.74, 6) is 0. The van der Waals surface area contributed by atoms with Crippen LogP contribution in [0.4, 0.5) is 0 Å². The molecule has 2 atom stereocenters. The maximum Gasteiger partial charge on any atom is 0.0861 e. The second-order valence-corrected chi connectivity index (χ2v) is 5.59. The van der Waals surface area contributed by atoms with E-state index in [1.165, 1.54) is 0 Å². The Morgan fingerprint density at radius 3 is 2.60 bits per heavy atom. The van der Waals surface area contributed by atoms with Crippen LogP contribution < -0.4 is 5.32 Å². The van der Waals surface area contributed by atoms with Crippen molar-refractivity contribution in [1.29, 1.82) is 0 Å². The summed E-state index contributed by atoms with van der Waals surface area (Å²) in [5.41, 5.74) is 0.737. The molecule has 20 heavy (non-hydrogen) atoms. The molecule has 0 bridgehead atoms. The lowest BCUT2D eigenvalue weighted by Gasteiger charge is -2.38. The van der Waals surface area contributed by atoms with Crippen molar-refractivity contribution in [2.24, 2.45) is 0 Å². The minimum atomic E-state index is -0.291. The highest BCUT2D eigenvalue weighted by Crippen LogP contribution is 2.35. The largest absolute Gasteiger partial charge is 0.374 e. The number of nitrogens with zero attached hydrogens (tertiary/aromatic N) is 2. The van der Waals surface area contributed by atoms with E-state index >= 15 is 0 Å². The van der Waals surface area contributed by atoms with Crippen molar-refractivity contribution in [2.45, 2.75) is 65.6 Å². The topological polar surface area (TPSA) is 39.1 Å². The number of rotatable bonds is 9. The van der Waals surface area contributed by atoms with Crippen molar-refractivity contribution in [2.75, 3.05) is 13.2 Å². The van der Waals surface area contributed by atoms with E-state index in [4.69, 9.17) is 16.3 Å². The van der Waals surface area contributed by atoms with Crippen molar-refractivity contribution in [1.82, 2.24) is 15.1 Å². The van der Waals surface area contributed by atoms with Gasteiger partial charge in [0.05, 0.1) is 28.6 Å². The Hall–Kier alpha value is -0.580. The zero-order valence-corrected chi connectivity index (χ0v) is 14.1. The van der Waals surface area contributed by atoms with Gasteiger partial charge in [-0.05, 0) is 40.2 Å². The van der Waals surface area contributed by atoms with Crippen LogP contribution >= 0.6 is 11.6 Å². The Kier molecular flexibility index (Phi) is 7.00. The van der Waals surface area contributed by atoms with Gasteiger partial charge in [-0.3, -0.25) is 4.68 Å². The van der Waals surface area contributed by atoms with Gasteiger partial charge in [-0.1, -0.05) is 25.4 Å². The molecule has 116 valence electrons. The van der Waals surface area contributed by atoms with E-state index in [0.717, 1.165) is 31.6 Å². The molecule has 1 aromatic rings. The monoisotopic (exact) mass is 301 g/mol. The van der Waals surface area contributed by atoms with Crippen LogP contribution in [0, 0.1) is 0 Å². The summed E-state index contributed by atoms with van der Waals surface area (Å²) in [6.07, 6.45) is 3.71. The number of nitrogens with one attached hydrogen (secondary N) is 1. The summed E-state index contributed by atoms with van der Waals surface area (Å²) < 4.78 is 8.01. The Morgan fingerprint density at radius 2 is 2.10 bits per heavy atom. The standard InChI is InChI=1S/C15H28ClN3O/c1-6-10-17-14(15(5,7-2)20-9-4)13-12(16)11-18-19(13)8-3/h11,14,17H,6-10H2,1-5H3. The average molecular weight is 302 g/mol.